The fraction of sp³-hybridized carbons (Fsp3) is 0.440. The fourth-order valence-electron chi connectivity index (χ4n) is 3.42. The van der Waals surface area contributed by atoms with E-state index in [1.807, 2.05) is 19.9 Å². The lowest BCUT2D eigenvalue weighted by Gasteiger charge is -2.26. The highest BCUT2D eigenvalue weighted by atomic mass is 16.6. The summed E-state index contributed by atoms with van der Waals surface area (Å²) in [5, 5.41) is 19.9. The average Bonchev–Trinajstić information content (AvgIpc) is 2.74. The van der Waals surface area contributed by atoms with Gasteiger partial charge in [0.2, 0.25) is 0 Å². The van der Waals surface area contributed by atoms with Gasteiger partial charge in [0.15, 0.2) is 0 Å². The summed E-state index contributed by atoms with van der Waals surface area (Å²) < 4.78 is 11.5. The summed E-state index contributed by atoms with van der Waals surface area (Å²) in [6.45, 7) is 11.0. The first-order valence-corrected chi connectivity index (χ1v) is 10.9. The van der Waals surface area contributed by atoms with Crippen molar-refractivity contribution < 1.29 is 14.3 Å². The second kappa shape index (κ2) is 10.8. The van der Waals surface area contributed by atoms with E-state index in [4.69, 9.17) is 20.1 Å². The minimum atomic E-state index is -0.610. The van der Waals surface area contributed by atoms with Gasteiger partial charge in [-0.2, -0.15) is 5.26 Å². The lowest BCUT2D eigenvalue weighted by atomic mass is 9.90. The maximum Gasteiger partial charge on any atom is 0.412 e. The zero-order valence-electron chi connectivity index (χ0n) is 19.7. The van der Waals surface area contributed by atoms with Crippen LogP contribution in [0.1, 0.15) is 82.9 Å². The highest BCUT2D eigenvalue weighted by Gasteiger charge is 2.24. The number of hydrogen-bond donors (Lipinski definition) is 2. The number of nitrogens with zero attached hydrogens (tertiary/aromatic N) is 2. The molecule has 2 aromatic rings. The van der Waals surface area contributed by atoms with Crippen molar-refractivity contribution >= 4 is 17.5 Å². The number of anilines is 1. The second-order valence-corrected chi connectivity index (χ2v) is 8.34. The number of benzene rings is 1. The largest absolute Gasteiger partial charge is 0.486 e. The number of hydrogen-bond acceptors (Lipinski definition) is 6. The Morgan fingerprint density at radius 3 is 2.62 bits per heavy atom. The Bertz CT molecular complexity index is 1020. The van der Waals surface area contributed by atoms with Gasteiger partial charge >= 0.3 is 6.09 Å². The van der Waals surface area contributed by atoms with Gasteiger partial charge in [-0.05, 0) is 76.8 Å². The van der Waals surface area contributed by atoms with Crippen LogP contribution in [-0.4, -0.2) is 22.4 Å². The molecule has 1 aromatic heterocycles. The minimum Gasteiger partial charge on any atom is -0.486 e. The fourth-order valence-corrected chi connectivity index (χ4v) is 3.42. The molecule has 7 heteroatoms. The van der Waals surface area contributed by atoms with Crippen LogP contribution in [0.4, 0.5) is 10.5 Å². The smallest absolute Gasteiger partial charge is 0.412 e. The number of carbonyl (C=O) groups is 1. The molecule has 0 bridgehead atoms. The molecule has 1 unspecified atom stereocenters. The SMILES string of the molecule is CC.CC(=N)c1cc(OC2CCCc3cc(C#N)ncc32)ccc1NC(=O)OC(C)(C)C. The Hall–Kier alpha value is -3.40. The summed E-state index contributed by atoms with van der Waals surface area (Å²) >= 11 is 0. The van der Waals surface area contributed by atoms with Crippen LogP contribution in [0.5, 0.6) is 5.75 Å². The molecule has 0 saturated carbocycles. The maximum atomic E-state index is 12.1. The van der Waals surface area contributed by atoms with E-state index in [1.165, 1.54) is 0 Å². The third kappa shape index (κ3) is 6.55. The van der Waals surface area contributed by atoms with Gasteiger partial charge in [-0.15, -0.1) is 0 Å². The molecule has 170 valence electrons. The van der Waals surface area contributed by atoms with Crippen molar-refractivity contribution in [3.8, 4) is 11.8 Å². The molecule has 32 heavy (non-hydrogen) atoms. The monoisotopic (exact) mass is 436 g/mol. The maximum absolute atomic E-state index is 12.1. The molecule has 1 amide bonds. The molecule has 0 fully saturated rings. The van der Waals surface area contributed by atoms with Crippen molar-refractivity contribution in [3.63, 3.8) is 0 Å². The first-order valence-electron chi connectivity index (χ1n) is 10.9. The van der Waals surface area contributed by atoms with Crippen molar-refractivity contribution in [3.05, 3.63) is 52.8 Å². The van der Waals surface area contributed by atoms with Gasteiger partial charge in [-0.25, -0.2) is 9.78 Å². The second-order valence-electron chi connectivity index (χ2n) is 8.34. The molecule has 0 saturated heterocycles. The predicted octanol–water partition coefficient (Wildman–Crippen LogP) is 6.17. The number of aromatic nitrogens is 1. The number of rotatable bonds is 4. The number of pyridine rings is 1. The average molecular weight is 437 g/mol. The molecular weight excluding hydrogens is 404 g/mol. The van der Waals surface area contributed by atoms with E-state index >= 15 is 0 Å². The minimum absolute atomic E-state index is 0.169. The van der Waals surface area contributed by atoms with Gasteiger partial charge in [0.25, 0.3) is 0 Å². The zero-order chi connectivity index (χ0) is 23.9. The van der Waals surface area contributed by atoms with E-state index in [2.05, 4.69) is 16.4 Å². The number of nitriles is 1. The standard InChI is InChI=1S/C23H26N4O3.C2H6/c1-14(25)18-11-17(8-9-20(18)27-22(28)30-23(2,3)4)29-21-7-5-6-15-10-16(12-24)26-13-19(15)21;1-2/h8-11,13,21,25H,5-7H2,1-4H3,(H,27,28);1-2H3. The van der Waals surface area contributed by atoms with Crippen molar-refractivity contribution in [1.82, 2.24) is 4.98 Å². The Kier molecular flexibility index (Phi) is 8.36. The molecule has 0 spiro atoms. The molecular formula is C25H32N4O3. The molecule has 3 rings (SSSR count). The van der Waals surface area contributed by atoms with Crippen molar-refractivity contribution in [1.29, 1.82) is 10.7 Å². The zero-order valence-corrected chi connectivity index (χ0v) is 19.7. The summed E-state index contributed by atoms with van der Waals surface area (Å²) in [5.41, 5.74) is 3.24. The molecule has 1 aliphatic carbocycles. The van der Waals surface area contributed by atoms with Gasteiger partial charge < -0.3 is 14.9 Å². The molecule has 1 aliphatic rings. The summed E-state index contributed by atoms with van der Waals surface area (Å²) in [6.07, 6.45) is 3.69. The highest BCUT2D eigenvalue weighted by molar-refractivity contribution is 6.04. The summed E-state index contributed by atoms with van der Waals surface area (Å²) in [4.78, 5) is 16.3. The summed E-state index contributed by atoms with van der Waals surface area (Å²) in [7, 11) is 0. The molecule has 0 aliphatic heterocycles. The first-order chi connectivity index (χ1) is 15.2. The van der Waals surface area contributed by atoms with Gasteiger partial charge in [0.05, 0.1) is 5.69 Å². The van der Waals surface area contributed by atoms with Gasteiger partial charge in [-0.1, -0.05) is 13.8 Å². The number of amides is 1. The molecule has 2 N–H and O–H groups in total. The van der Waals surface area contributed by atoms with Crippen LogP contribution in [0.15, 0.2) is 30.5 Å². The number of carbonyl (C=O) groups excluding carboxylic acids is 1. The predicted molar refractivity (Wildman–Crippen MR) is 125 cm³/mol. The molecule has 7 nitrogen and oxygen atoms in total. The Labute approximate surface area is 190 Å². The van der Waals surface area contributed by atoms with Gasteiger partial charge in [0.1, 0.15) is 29.2 Å². The lowest BCUT2D eigenvalue weighted by molar-refractivity contribution is 0.0636. The van der Waals surface area contributed by atoms with Crippen molar-refractivity contribution in [2.24, 2.45) is 0 Å². The van der Waals surface area contributed by atoms with E-state index < -0.39 is 11.7 Å². The summed E-state index contributed by atoms with van der Waals surface area (Å²) in [6, 6.07) is 9.14. The van der Waals surface area contributed by atoms with E-state index in [9.17, 15) is 4.79 Å². The number of ether oxygens (including phenoxy) is 2. The van der Waals surface area contributed by atoms with Crippen molar-refractivity contribution in [2.75, 3.05) is 5.32 Å². The Balaban J connectivity index is 0.00000176. The number of fused-ring (bicyclic) bond motifs is 1. The van der Waals surface area contributed by atoms with Crippen LogP contribution < -0.4 is 10.1 Å². The Morgan fingerprint density at radius 2 is 2.00 bits per heavy atom. The van der Waals surface area contributed by atoms with E-state index in [0.717, 1.165) is 30.4 Å². The van der Waals surface area contributed by atoms with E-state index in [0.29, 0.717) is 28.4 Å². The van der Waals surface area contributed by atoms with Crippen LogP contribution in [-0.2, 0) is 11.2 Å². The molecule has 1 aromatic carbocycles. The van der Waals surface area contributed by atoms with E-state index in [1.54, 1.807) is 52.1 Å². The van der Waals surface area contributed by atoms with Crippen LogP contribution in [0, 0.1) is 16.7 Å². The molecule has 1 heterocycles. The molecule has 1 atom stereocenters. The van der Waals surface area contributed by atoms with Crippen molar-refractivity contribution in [2.45, 2.75) is 72.5 Å². The van der Waals surface area contributed by atoms with E-state index in [-0.39, 0.29) is 6.10 Å². The first kappa shape index (κ1) is 24.9. The third-order valence-corrected chi connectivity index (χ3v) is 4.71. The lowest BCUT2D eigenvalue weighted by Crippen LogP contribution is -2.27. The quantitative estimate of drug-likeness (QED) is 0.557. The van der Waals surface area contributed by atoms with Crippen LogP contribution in [0.25, 0.3) is 0 Å². The van der Waals surface area contributed by atoms with Gasteiger partial charge in [0, 0.05) is 23.0 Å². The number of aryl methyl sites for hydroxylation is 1. The topological polar surface area (TPSA) is 108 Å². The van der Waals surface area contributed by atoms with Crippen LogP contribution >= 0.6 is 0 Å². The number of nitrogens with one attached hydrogen (secondary N) is 2. The van der Waals surface area contributed by atoms with Crippen LogP contribution in [0.3, 0.4) is 0 Å². The normalized spacial score (nSPS) is 14.7. The Morgan fingerprint density at radius 1 is 1.28 bits per heavy atom. The van der Waals surface area contributed by atoms with Crippen LogP contribution in [0.2, 0.25) is 0 Å². The third-order valence-electron chi connectivity index (χ3n) is 4.71. The van der Waals surface area contributed by atoms with Gasteiger partial charge in [-0.3, -0.25) is 5.32 Å². The highest BCUT2D eigenvalue weighted by Crippen LogP contribution is 2.34. The molecule has 0 radical (unpaired) electrons. The summed E-state index contributed by atoms with van der Waals surface area (Å²) in [5.74, 6) is 0.605.